The van der Waals surface area contributed by atoms with E-state index in [1.807, 2.05) is 41.5 Å². The topological polar surface area (TPSA) is 170 Å². The van der Waals surface area contributed by atoms with Crippen molar-refractivity contribution >= 4 is 23.9 Å². The molecule has 0 saturated heterocycles. The molecule has 0 saturated carbocycles. The second-order valence-electron chi connectivity index (χ2n) is 12.0. The molecule has 0 spiro atoms. The molecule has 0 rings (SSSR count). The van der Waals surface area contributed by atoms with E-state index in [0.717, 1.165) is 12.2 Å². The van der Waals surface area contributed by atoms with Crippen LogP contribution in [-0.2, 0) is 71.3 Å². The molecule has 15 nitrogen and oxygen atoms in total. The van der Waals surface area contributed by atoms with Crippen molar-refractivity contribution in [2.24, 2.45) is 0 Å². The number of rotatable bonds is 29. The molecule has 7 atom stereocenters. The molecule has 0 aromatic carbocycles. The fourth-order valence-electron chi connectivity index (χ4n) is 3.07. The molecule has 0 aromatic rings. The zero-order valence-corrected chi connectivity index (χ0v) is 32.5. The van der Waals surface area contributed by atoms with Crippen LogP contribution in [0, 0.1) is 0 Å². The summed E-state index contributed by atoms with van der Waals surface area (Å²) in [5.74, 6) is -2.05. The summed E-state index contributed by atoms with van der Waals surface area (Å²) in [4.78, 5) is 43.8. The summed E-state index contributed by atoms with van der Waals surface area (Å²) < 4.78 is 58.3. The molecule has 0 fully saturated rings. The monoisotopic (exact) mass is 746 g/mol. The van der Waals surface area contributed by atoms with Gasteiger partial charge >= 0.3 is 23.9 Å². The van der Waals surface area contributed by atoms with Gasteiger partial charge in [0.1, 0.15) is 12.7 Å². The number of carbonyl (C=O) groups is 4. The lowest BCUT2D eigenvalue weighted by Crippen LogP contribution is -2.30. The summed E-state index contributed by atoms with van der Waals surface area (Å²) in [6, 6.07) is 0. The molecule has 0 radical (unpaired) electrons. The van der Waals surface area contributed by atoms with Gasteiger partial charge < -0.3 is 52.1 Å². The maximum absolute atomic E-state index is 11.5. The molecule has 0 amide bonds. The van der Waals surface area contributed by atoms with Gasteiger partial charge in [0.05, 0.1) is 76.3 Å². The van der Waals surface area contributed by atoms with Gasteiger partial charge in [0.25, 0.3) is 0 Å². The predicted molar refractivity (Wildman–Crippen MR) is 192 cm³/mol. The normalized spacial score (nSPS) is 14.8. The van der Waals surface area contributed by atoms with Crippen LogP contribution in [0.1, 0.15) is 62.3 Å². The quantitative estimate of drug-likeness (QED) is 0.0346. The zero-order valence-electron chi connectivity index (χ0n) is 32.5. The Kier molecular flexibility index (Phi) is 30.3. The number of hydrogen-bond donors (Lipinski definition) is 0. The van der Waals surface area contributed by atoms with Crippen LogP contribution in [0.3, 0.4) is 0 Å². The standard InChI is InChI=1S/C29H52O10.C8H10O5/c1-19(2)28(30)38-17-26(10)36-15-24(8)34-13-22(6)32-12-21(5)33-14-23(7)35-16-25(9)37-18-27(11)39-29(31)20(3)4;1-3-7(9)12-5-11-6-13-8(10)4-2/h21-27H,1,3,12-18H2,2,4-11H3;3-4H,1-2,5-6H2. The maximum atomic E-state index is 11.5. The molecule has 0 aliphatic rings. The van der Waals surface area contributed by atoms with Crippen LogP contribution in [0.2, 0.25) is 0 Å². The summed E-state index contributed by atoms with van der Waals surface area (Å²) in [5, 5.41) is 0. The third kappa shape index (κ3) is 31.3. The summed E-state index contributed by atoms with van der Waals surface area (Å²) in [6.45, 7) is 31.8. The predicted octanol–water partition coefficient (Wildman–Crippen LogP) is 4.42. The maximum Gasteiger partial charge on any atom is 0.333 e. The molecule has 0 aliphatic heterocycles. The van der Waals surface area contributed by atoms with E-state index < -0.39 is 23.9 Å². The van der Waals surface area contributed by atoms with Crippen LogP contribution in [0.15, 0.2) is 49.6 Å². The molecular weight excluding hydrogens is 684 g/mol. The highest BCUT2D eigenvalue weighted by Gasteiger charge is 2.16. The lowest BCUT2D eigenvalue weighted by molar-refractivity contribution is -0.170. The largest absolute Gasteiger partial charge is 0.460 e. The van der Waals surface area contributed by atoms with Crippen LogP contribution in [-0.4, -0.2) is 126 Å². The summed E-state index contributed by atoms with van der Waals surface area (Å²) in [7, 11) is 0. The number of hydrogen-bond acceptors (Lipinski definition) is 15. The van der Waals surface area contributed by atoms with Gasteiger partial charge in [-0.3, -0.25) is 0 Å². The van der Waals surface area contributed by atoms with Crippen molar-refractivity contribution in [1.29, 1.82) is 0 Å². The van der Waals surface area contributed by atoms with E-state index in [-0.39, 0.29) is 69.5 Å². The first kappa shape index (κ1) is 50.7. The second kappa shape index (κ2) is 31.1. The number of ether oxygens (including phenoxy) is 11. The van der Waals surface area contributed by atoms with Crippen LogP contribution < -0.4 is 0 Å². The highest BCUT2D eigenvalue weighted by Crippen LogP contribution is 2.06. The van der Waals surface area contributed by atoms with E-state index in [4.69, 9.17) is 37.9 Å². The smallest absolute Gasteiger partial charge is 0.333 e. The molecule has 52 heavy (non-hydrogen) atoms. The van der Waals surface area contributed by atoms with Gasteiger partial charge in [0.15, 0.2) is 13.6 Å². The average molecular weight is 747 g/mol. The Bertz CT molecular complexity index is 1050. The van der Waals surface area contributed by atoms with E-state index >= 15 is 0 Å². The molecule has 15 heteroatoms. The molecule has 300 valence electrons. The minimum atomic E-state index is -0.602. The Labute approximate surface area is 309 Å². The molecule has 0 heterocycles. The first-order valence-electron chi connectivity index (χ1n) is 17.0. The summed E-state index contributed by atoms with van der Waals surface area (Å²) in [5.41, 5.74) is 0.719. The highest BCUT2D eigenvalue weighted by atomic mass is 16.8. The van der Waals surface area contributed by atoms with Gasteiger partial charge in [-0.15, -0.1) is 0 Å². The SMILES string of the molecule is C=C(C)C(=O)OCC(C)OCC(C)OCC(C)OCC(C)OCC(C)OCC(C)OCC(C)OC(=O)C(=C)C.C=CC(=O)OCOCOC(=O)C=C. The Hall–Kier alpha value is -3.44. The Morgan fingerprint density at radius 3 is 1.04 bits per heavy atom. The first-order chi connectivity index (χ1) is 24.4. The number of esters is 4. The lowest BCUT2D eigenvalue weighted by atomic mass is 10.3. The highest BCUT2D eigenvalue weighted by molar-refractivity contribution is 5.87. The Morgan fingerprint density at radius 2 is 0.750 bits per heavy atom. The third-order valence-electron chi connectivity index (χ3n) is 6.05. The fraction of sp³-hybridized carbons (Fsp3) is 0.676. The van der Waals surface area contributed by atoms with Gasteiger partial charge in [0, 0.05) is 23.3 Å². The van der Waals surface area contributed by atoms with E-state index in [2.05, 4.69) is 40.5 Å². The van der Waals surface area contributed by atoms with Gasteiger partial charge in [-0.05, 0) is 62.3 Å². The average Bonchev–Trinajstić information content (AvgIpc) is 3.11. The first-order valence-corrected chi connectivity index (χ1v) is 17.0. The summed E-state index contributed by atoms with van der Waals surface area (Å²) >= 11 is 0. The lowest BCUT2D eigenvalue weighted by Gasteiger charge is -2.23. The van der Waals surface area contributed by atoms with E-state index in [0.29, 0.717) is 44.2 Å². The van der Waals surface area contributed by atoms with E-state index in [1.54, 1.807) is 20.8 Å². The zero-order chi connectivity index (χ0) is 40.1. The second-order valence-corrected chi connectivity index (χ2v) is 12.0. The van der Waals surface area contributed by atoms with Crippen molar-refractivity contribution in [2.45, 2.75) is 105 Å². The molecule has 0 bridgehead atoms. The van der Waals surface area contributed by atoms with Gasteiger partial charge in [-0.2, -0.15) is 0 Å². The van der Waals surface area contributed by atoms with Crippen LogP contribution >= 0.6 is 0 Å². The fourth-order valence-corrected chi connectivity index (χ4v) is 3.07. The Balaban J connectivity index is 0. The van der Waals surface area contributed by atoms with Crippen LogP contribution in [0.25, 0.3) is 0 Å². The van der Waals surface area contributed by atoms with E-state index in [9.17, 15) is 19.2 Å². The van der Waals surface area contributed by atoms with Crippen molar-refractivity contribution in [3.8, 4) is 0 Å². The van der Waals surface area contributed by atoms with Crippen molar-refractivity contribution < 1.29 is 71.3 Å². The van der Waals surface area contributed by atoms with Crippen molar-refractivity contribution in [3.63, 3.8) is 0 Å². The molecule has 0 N–H and O–H groups in total. The molecule has 7 unspecified atom stereocenters. The van der Waals surface area contributed by atoms with Gasteiger partial charge in [0.2, 0.25) is 0 Å². The molecule has 0 aromatic heterocycles. The minimum absolute atomic E-state index is 0.112. The third-order valence-corrected chi connectivity index (χ3v) is 6.05. The van der Waals surface area contributed by atoms with Crippen molar-refractivity contribution in [1.82, 2.24) is 0 Å². The molecule has 0 aliphatic carbocycles. The van der Waals surface area contributed by atoms with Gasteiger partial charge in [-0.25, -0.2) is 19.2 Å². The van der Waals surface area contributed by atoms with Crippen molar-refractivity contribution in [3.05, 3.63) is 49.6 Å². The summed E-state index contributed by atoms with van der Waals surface area (Å²) in [6.07, 6.45) is 0.754. The Morgan fingerprint density at radius 1 is 0.462 bits per heavy atom. The van der Waals surface area contributed by atoms with Crippen LogP contribution in [0.4, 0.5) is 0 Å². The minimum Gasteiger partial charge on any atom is -0.460 e. The van der Waals surface area contributed by atoms with Crippen LogP contribution in [0.5, 0.6) is 0 Å². The van der Waals surface area contributed by atoms with Crippen molar-refractivity contribution in [2.75, 3.05) is 59.8 Å². The van der Waals surface area contributed by atoms with Gasteiger partial charge in [-0.1, -0.05) is 26.3 Å². The number of carbonyl (C=O) groups excluding carboxylic acids is 4. The molecular formula is C37H62O15. The van der Waals surface area contributed by atoms with E-state index in [1.165, 1.54) is 0 Å².